The molecule has 166 valence electrons. The third-order valence-corrected chi connectivity index (χ3v) is 6.76. The van der Waals surface area contributed by atoms with E-state index >= 15 is 0 Å². The summed E-state index contributed by atoms with van der Waals surface area (Å²) < 4.78 is 16.8. The lowest BCUT2D eigenvalue weighted by atomic mass is 9.71. The summed E-state index contributed by atoms with van der Waals surface area (Å²) in [6.45, 7) is 6.64. The number of likely N-dealkylation sites (tertiary alicyclic amines) is 1. The zero-order chi connectivity index (χ0) is 21.9. The number of rotatable bonds is 6. The predicted molar refractivity (Wildman–Crippen MR) is 114 cm³/mol. The molecule has 3 rings (SSSR count). The maximum Gasteiger partial charge on any atom is 0.409 e. The van der Waals surface area contributed by atoms with Gasteiger partial charge in [-0.15, -0.1) is 0 Å². The van der Waals surface area contributed by atoms with E-state index in [-0.39, 0.29) is 35.5 Å². The molecule has 2 aliphatic rings. The number of benzene rings is 1. The summed E-state index contributed by atoms with van der Waals surface area (Å²) in [5, 5.41) is 3.02. The minimum absolute atomic E-state index is 0.00952. The third-order valence-electron chi connectivity index (χ3n) is 6.76. The molecular formula is C23H34N2O5. The van der Waals surface area contributed by atoms with Crippen LogP contribution in [0.25, 0.3) is 0 Å². The molecular weight excluding hydrogens is 384 g/mol. The van der Waals surface area contributed by atoms with Crippen molar-refractivity contribution in [3.63, 3.8) is 0 Å². The van der Waals surface area contributed by atoms with Crippen LogP contribution in [-0.2, 0) is 9.53 Å². The van der Waals surface area contributed by atoms with Crippen LogP contribution in [0, 0.1) is 5.41 Å². The normalized spacial score (nSPS) is 25.1. The van der Waals surface area contributed by atoms with Crippen LogP contribution in [0.4, 0.5) is 4.79 Å². The number of methoxy groups -OCH3 is 2. The molecule has 0 spiro atoms. The van der Waals surface area contributed by atoms with Crippen LogP contribution < -0.4 is 14.8 Å². The molecule has 1 N–H and O–H groups in total. The molecule has 1 aromatic carbocycles. The fraction of sp³-hybridized carbons (Fsp3) is 0.652. The van der Waals surface area contributed by atoms with Gasteiger partial charge < -0.3 is 24.4 Å². The summed E-state index contributed by atoms with van der Waals surface area (Å²) in [5.41, 5.74) is 0.703. The molecule has 3 atom stereocenters. The number of hydrogen-bond donors (Lipinski definition) is 1. The minimum Gasteiger partial charge on any atom is -0.493 e. The van der Waals surface area contributed by atoms with Gasteiger partial charge in [0, 0.05) is 37.4 Å². The Balaban J connectivity index is 1.94. The standard InChI is InChI=1S/C23H34N2O5/c1-15(24-16(2)26)23(3)14-25(22(27)29-5)13-19(23)17-10-11-20(28-4)21(12-17)30-18-8-6-7-9-18/h10-12,15,18-19H,6-9,13-14H2,1-5H3,(H,24,26)/t15?,19?,23-/m0/s1. The number of amides is 2. The molecule has 1 saturated heterocycles. The Morgan fingerprint density at radius 3 is 2.50 bits per heavy atom. The van der Waals surface area contributed by atoms with Crippen molar-refractivity contribution in [2.24, 2.45) is 5.41 Å². The number of carbonyl (C=O) groups excluding carboxylic acids is 2. The Labute approximate surface area is 179 Å². The molecule has 2 unspecified atom stereocenters. The fourth-order valence-corrected chi connectivity index (χ4v) is 4.87. The lowest BCUT2D eigenvalue weighted by Crippen LogP contribution is -2.47. The highest BCUT2D eigenvalue weighted by Crippen LogP contribution is 2.47. The molecule has 7 nitrogen and oxygen atoms in total. The van der Waals surface area contributed by atoms with Gasteiger partial charge in [-0.2, -0.15) is 0 Å². The number of hydrogen-bond acceptors (Lipinski definition) is 5. The molecule has 2 amide bonds. The molecule has 0 radical (unpaired) electrons. The minimum atomic E-state index is -0.362. The molecule has 1 saturated carbocycles. The number of ether oxygens (including phenoxy) is 3. The highest BCUT2D eigenvalue weighted by atomic mass is 16.5. The van der Waals surface area contributed by atoms with Gasteiger partial charge in [0.2, 0.25) is 5.91 Å². The van der Waals surface area contributed by atoms with Gasteiger partial charge in [0.25, 0.3) is 0 Å². The van der Waals surface area contributed by atoms with Gasteiger partial charge in [0.15, 0.2) is 11.5 Å². The van der Waals surface area contributed by atoms with E-state index in [1.54, 1.807) is 12.0 Å². The number of carbonyl (C=O) groups is 2. The Kier molecular flexibility index (Phi) is 6.78. The van der Waals surface area contributed by atoms with Crippen molar-refractivity contribution in [2.75, 3.05) is 27.3 Å². The van der Waals surface area contributed by atoms with Crippen LogP contribution in [0.5, 0.6) is 11.5 Å². The van der Waals surface area contributed by atoms with Gasteiger partial charge in [-0.25, -0.2) is 4.79 Å². The van der Waals surface area contributed by atoms with E-state index in [0.29, 0.717) is 18.8 Å². The second kappa shape index (κ2) is 9.14. The third kappa shape index (κ3) is 4.50. The van der Waals surface area contributed by atoms with E-state index in [1.807, 2.05) is 25.1 Å². The van der Waals surface area contributed by atoms with Crippen molar-refractivity contribution in [1.29, 1.82) is 0 Å². The van der Waals surface area contributed by atoms with Crippen molar-refractivity contribution in [2.45, 2.75) is 64.5 Å². The van der Waals surface area contributed by atoms with Gasteiger partial charge in [-0.1, -0.05) is 13.0 Å². The highest BCUT2D eigenvalue weighted by Gasteiger charge is 2.49. The van der Waals surface area contributed by atoms with E-state index in [0.717, 1.165) is 24.2 Å². The first kappa shape index (κ1) is 22.2. The van der Waals surface area contributed by atoms with Gasteiger partial charge in [0.1, 0.15) is 0 Å². The highest BCUT2D eigenvalue weighted by molar-refractivity contribution is 5.73. The molecule has 1 aliphatic heterocycles. The molecule has 0 aromatic heterocycles. The largest absolute Gasteiger partial charge is 0.493 e. The van der Waals surface area contributed by atoms with Crippen molar-refractivity contribution in [3.8, 4) is 11.5 Å². The smallest absolute Gasteiger partial charge is 0.409 e. The molecule has 1 aromatic rings. The van der Waals surface area contributed by atoms with Crippen LogP contribution in [0.1, 0.15) is 57.9 Å². The van der Waals surface area contributed by atoms with Crippen molar-refractivity contribution in [1.82, 2.24) is 10.2 Å². The topological polar surface area (TPSA) is 77.1 Å². The van der Waals surface area contributed by atoms with Crippen LogP contribution in [0.15, 0.2) is 18.2 Å². The van der Waals surface area contributed by atoms with Crippen LogP contribution in [-0.4, -0.2) is 56.4 Å². The average Bonchev–Trinajstić information content (AvgIpc) is 3.35. The van der Waals surface area contributed by atoms with E-state index < -0.39 is 0 Å². The van der Waals surface area contributed by atoms with Crippen LogP contribution >= 0.6 is 0 Å². The van der Waals surface area contributed by atoms with E-state index in [9.17, 15) is 9.59 Å². The van der Waals surface area contributed by atoms with Crippen LogP contribution in [0.2, 0.25) is 0 Å². The molecule has 1 heterocycles. The van der Waals surface area contributed by atoms with Gasteiger partial charge in [-0.3, -0.25) is 4.79 Å². The number of nitrogens with zero attached hydrogens (tertiary/aromatic N) is 1. The van der Waals surface area contributed by atoms with E-state index in [4.69, 9.17) is 14.2 Å². The Morgan fingerprint density at radius 2 is 1.90 bits per heavy atom. The van der Waals surface area contributed by atoms with Crippen molar-refractivity contribution < 1.29 is 23.8 Å². The van der Waals surface area contributed by atoms with E-state index in [2.05, 4.69) is 12.2 Å². The maximum absolute atomic E-state index is 12.3. The van der Waals surface area contributed by atoms with Gasteiger partial charge in [-0.05, 0) is 50.3 Å². The van der Waals surface area contributed by atoms with Crippen molar-refractivity contribution >= 4 is 12.0 Å². The zero-order valence-corrected chi connectivity index (χ0v) is 18.7. The van der Waals surface area contributed by atoms with E-state index in [1.165, 1.54) is 26.9 Å². The second-order valence-corrected chi connectivity index (χ2v) is 8.77. The molecule has 2 fully saturated rings. The molecule has 0 bridgehead atoms. The monoisotopic (exact) mass is 418 g/mol. The Bertz CT molecular complexity index is 777. The zero-order valence-electron chi connectivity index (χ0n) is 18.7. The summed E-state index contributed by atoms with van der Waals surface area (Å²) in [6, 6.07) is 5.88. The van der Waals surface area contributed by atoms with Crippen molar-refractivity contribution in [3.05, 3.63) is 23.8 Å². The van der Waals surface area contributed by atoms with Crippen LogP contribution in [0.3, 0.4) is 0 Å². The molecule has 30 heavy (non-hydrogen) atoms. The predicted octanol–water partition coefficient (Wildman–Crippen LogP) is 3.71. The SMILES string of the molecule is COC(=O)N1CC(c2ccc(OC)c(OC3CCCC3)c2)[C@](C)(C(C)NC(C)=O)C1. The first-order valence-corrected chi connectivity index (χ1v) is 10.7. The fourth-order valence-electron chi connectivity index (χ4n) is 4.87. The summed E-state index contributed by atoms with van der Waals surface area (Å²) >= 11 is 0. The van der Waals surface area contributed by atoms with Gasteiger partial charge >= 0.3 is 6.09 Å². The second-order valence-electron chi connectivity index (χ2n) is 8.77. The summed E-state index contributed by atoms with van der Waals surface area (Å²) in [7, 11) is 3.04. The molecule has 1 aliphatic carbocycles. The summed E-state index contributed by atoms with van der Waals surface area (Å²) in [6.07, 6.45) is 4.36. The lowest BCUT2D eigenvalue weighted by Gasteiger charge is -2.37. The Morgan fingerprint density at radius 1 is 1.20 bits per heavy atom. The Hall–Kier alpha value is -2.44. The maximum atomic E-state index is 12.3. The summed E-state index contributed by atoms with van der Waals surface area (Å²) in [4.78, 5) is 25.8. The first-order chi connectivity index (χ1) is 14.3. The quantitative estimate of drug-likeness (QED) is 0.762. The van der Waals surface area contributed by atoms with Gasteiger partial charge in [0.05, 0.1) is 20.3 Å². The molecule has 7 heteroatoms. The number of nitrogens with one attached hydrogen (secondary N) is 1. The first-order valence-electron chi connectivity index (χ1n) is 10.7. The lowest BCUT2D eigenvalue weighted by molar-refractivity contribution is -0.120. The summed E-state index contributed by atoms with van der Waals surface area (Å²) in [5.74, 6) is 1.38. The average molecular weight is 419 g/mol.